The molecule has 0 radical (unpaired) electrons. The van der Waals surface area contributed by atoms with Gasteiger partial charge in [-0.25, -0.2) is 4.39 Å². The molecule has 0 saturated heterocycles. The third kappa shape index (κ3) is 5.53. The van der Waals surface area contributed by atoms with Crippen molar-refractivity contribution in [2.24, 2.45) is 0 Å². The number of nitrogens with zero attached hydrogens (tertiary/aromatic N) is 2. The van der Waals surface area contributed by atoms with E-state index in [0.717, 1.165) is 0 Å². The largest absolute Gasteiger partial charge is 0.505 e. The number of phenols is 1. The average molecular weight is 529 g/mol. The second-order valence-corrected chi connectivity index (χ2v) is 10.7. The zero-order chi connectivity index (χ0) is 26.9. The number of nitrogens with one attached hydrogen (secondary N) is 1. The van der Waals surface area contributed by atoms with Gasteiger partial charge in [-0.3, -0.25) is 28.5 Å². The van der Waals surface area contributed by atoms with E-state index >= 15 is 0 Å². The number of hydrogen-bond acceptors (Lipinski definition) is 7. The first-order valence-corrected chi connectivity index (χ1v) is 13.2. The summed E-state index contributed by atoms with van der Waals surface area (Å²) in [6, 6.07) is 8.80. The molecule has 2 atom stereocenters. The molecule has 0 bridgehead atoms. The number of pyridine rings is 1. The van der Waals surface area contributed by atoms with E-state index in [1.165, 1.54) is 37.1 Å². The van der Waals surface area contributed by atoms with Gasteiger partial charge >= 0.3 is 7.60 Å². The van der Waals surface area contributed by atoms with Crippen LogP contribution in [0, 0.1) is 5.82 Å². The van der Waals surface area contributed by atoms with E-state index in [1.54, 1.807) is 24.3 Å². The van der Waals surface area contributed by atoms with Crippen molar-refractivity contribution in [2.75, 3.05) is 12.7 Å². The topological polar surface area (TPSA) is 146 Å². The fourth-order valence-electron chi connectivity index (χ4n) is 4.12. The van der Waals surface area contributed by atoms with E-state index in [2.05, 4.69) is 10.3 Å². The number of amides is 2. The standard InChI is InChI=1S/C25H25FN3O7P/c1-14(30)15(2)36-37(34,35)11-10-28-24(32)20-18-4-3-9-27-22(18)23(31)21-19(20)13-29(25(21)33)12-16-5-7-17(26)8-6-16/h3-9,15,31H,10-13H2,1-2H3,(H,28,32)(H,34,35)/t15-/m0/s1. The number of phenolic OH excluding ortho intramolecular Hbond substituents is 1. The van der Waals surface area contributed by atoms with Gasteiger partial charge < -0.3 is 20.2 Å². The van der Waals surface area contributed by atoms with Crippen LogP contribution in [0.1, 0.15) is 45.7 Å². The second-order valence-electron chi connectivity index (χ2n) is 8.74. The van der Waals surface area contributed by atoms with Crippen molar-refractivity contribution in [3.05, 3.63) is 70.7 Å². The number of carbonyl (C=O) groups excluding carboxylic acids is 3. The van der Waals surface area contributed by atoms with Crippen LogP contribution < -0.4 is 5.32 Å². The zero-order valence-corrected chi connectivity index (χ0v) is 21.0. The third-order valence-electron chi connectivity index (χ3n) is 6.08. The van der Waals surface area contributed by atoms with E-state index in [1.807, 2.05) is 0 Å². The summed E-state index contributed by atoms with van der Waals surface area (Å²) in [4.78, 5) is 53.4. The van der Waals surface area contributed by atoms with E-state index in [-0.39, 0.29) is 47.6 Å². The van der Waals surface area contributed by atoms with Gasteiger partial charge in [0.15, 0.2) is 11.5 Å². The van der Waals surface area contributed by atoms with Crippen LogP contribution in [-0.2, 0) is 27.0 Å². The highest BCUT2D eigenvalue weighted by Crippen LogP contribution is 2.43. The molecule has 1 aromatic heterocycles. The maximum Gasteiger partial charge on any atom is 0.330 e. The summed E-state index contributed by atoms with van der Waals surface area (Å²) >= 11 is 0. The Balaban J connectivity index is 1.61. The van der Waals surface area contributed by atoms with Crippen LogP contribution in [-0.4, -0.2) is 56.3 Å². The molecule has 3 N–H and O–H groups in total. The van der Waals surface area contributed by atoms with Gasteiger partial charge in [-0.2, -0.15) is 0 Å². The Labute approximate surface area is 211 Å². The van der Waals surface area contributed by atoms with Crippen molar-refractivity contribution in [3.8, 4) is 5.75 Å². The first-order valence-electron chi connectivity index (χ1n) is 11.4. The molecule has 1 unspecified atom stereocenters. The Bertz CT molecular complexity index is 1440. The summed E-state index contributed by atoms with van der Waals surface area (Å²) in [5.74, 6) is -2.32. The number of aromatic hydroxyl groups is 1. The van der Waals surface area contributed by atoms with Gasteiger partial charge in [0.05, 0.1) is 17.3 Å². The van der Waals surface area contributed by atoms with Crippen LogP contribution in [0.15, 0.2) is 42.6 Å². The summed E-state index contributed by atoms with van der Waals surface area (Å²) in [6.07, 6.45) is -0.0934. The molecule has 2 heterocycles. The number of aromatic nitrogens is 1. The van der Waals surface area contributed by atoms with Crippen LogP contribution in [0.25, 0.3) is 10.9 Å². The Morgan fingerprint density at radius 1 is 1.27 bits per heavy atom. The zero-order valence-electron chi connectivity index (χ0n) is 20.1. The highest BCUT2D eigenvalue weighted by molar-refractivity contribution is 7.52. The van der Waals surface area contributed by atoms with Crippen LogP contribution in [0.5, 0.6) is 5.75 Å². The summed E-state index contributed by atoms with van der Waals surface area (Å²) in [5, 5.41) is 13.7. The van der Waals surface area contributed by atoms with E-state index in [9.17, 15) is 33.3 Å². The summed E-state index contributed by atoms with van der Waals surface area (Å²) < 4.78 is 30.5. The molecule has 0 fully saturated rings. The summed E-state index contributed by atoms with van der Waals surface area (Å²) in [6.45, 7) is 2.47. The molecule has 12 heteroatoms. The lowest BCUT2D eigenvalue weighted by molar-refractivity contribution is -0.123. The lowest BCUT2D eigenvalue weighted by atomic mass is 9.96. The van der Waals surface area contributed by atoms with Gasteiger partial charge in [-0.15, -0.1) is 0 Å². The smallest absolute Gasteiger partial charge is 0.330 e. The van der Waals surface area contributed by atoms with Gasteiger partial charge in [0.1, 0.15) is 17.4 Å². The molecule has 2 amide bonds. The van der Waals surface area contributed by atoms with Crippen molar-refractivity contribution in [1.29, 1.82) is 0 Å². The van der Waals surface area contributed by atoms with Gasteiger partial charge in [0.2, 0.25) is 0 Å². The predicted octanol–water partition coefficient (Wildman–Crippen LogP) is 3.14. The van der Waals surface area contributed by atoms with E-state index in [0.29, 0.717) is 10.9 Å². The molecule has 4 rings (SSSR count). The molecule has 0 spiro atoms. The van der Waals surface area contributed by atoms with Gasteiger partial charge in [-0.05, 0) is 37.6 Å². The quantitative estimate of drug-likeness (QED) is 0.359. The fraction of sp³-hybridized carbons (Fsp3) is 0.280. The number of Topliss-reactive ketones (excluding diaryl/α,β-unsaturated/α-hetero) is 1. The Morgan fingerprint density at radius 2 is 1.97 bits per heavy atom. The molecule has 0 saturated carbocycles. The molecule has 194 valence electrons. The SMILES string of the molecule is CC(=O)[C@H](C)OP(=O)(O)CCNC(=O)c1c2c(c(O)c3ncccc13)C(=O)N(Cc1ccc(F)cc1)C2. The maximum atomic E-state index is 13.3. The van der Waals surface area contributed by atoms with Crippen LogP contribution in [0.3, 0.4) is 0 Å². The van der Waals surface area contributed by atoms with Gasteiger partial charge in [-0.1, -0.05) is 18.2 Å². The normalized spacial score (nSPS) is 15.4. The van der Waals surface area contributed by atoms with Crippen LogP contribution >= 0.6 is 7.60 Å². The summed E-state index contributed by atoms with van der Waals surface area (Å²) in [5.41, 5.74) is 1.07. The molecule has 1 aliphatic rings. The van der Waals surface area contributed by atoms with Crippen LogP contribution in [0.4, 0.5) is 4.39 Å². The molecule has 2 aromatic carbocycles. The Morgan fingerprint density at radius 3 is 2.65 bits per heavy atom. The average Bonchev–Trinajstić information content (AvgIpc) is 3.16. The number of rotatable bonds is 9. The molecular formula is C25H25FN3O7P. The number of benzene rings is 2. The first-order chi connectivity index (χ1) is 17.5. The monoisotopic (exact) mass is 529 g/mol. The minimum Gasteiger partial charge on any atom is -0.505 e. The second kappa shape index (κ2) is 10.4. The number of carbonyl (C=O) groups is 3. The molecule has 37 heavy (non-hydrogen) atoms. The van der Waals surface area contributed by atoms with E-state index < -0.39 is 43.3 Å². The van der Waals surface area contributed by atoms with Crippen molar-refractivity contribution >= 4 is 36.1 Å². The molecule has 0 aliphatic carbocycles. The Kier molecular flexibility index (Phi) is 7.40. The number of halogens is 1. The maximum absolute atomic E-state index is 13.3. The summed E-state index contributed by atoms with van der Waals surface area (Å²) in [7, 11) is -4.16. The molecule has 1 aliphatic heterocycles. The highest BCUT2D eigenvalue weighted by Gasteiger charge is 2.36. The molecule has 10 nitrogen and oxygen atoms in total. The van der Waals surface area contributed by atoms with Crippen molar-refractivity contribution < 1.29 is 37.9 Å². The lowest BCUT2D eigenvalue weighted by Gasteiger charge is -2.17. The van der Waals surface area contributed by atoms with Crippen molar-refractivity contribution in [3.63, 3.8) is 0 Å². The lowest BCUT2D eigenvalue weighted by Crippen LogP contribution is -2.29. The highest BCUT2D eigenvalue weighted by atomic mass is 31.2. The molecule has 3 aromatic rings. The van der Waals surface area contributed by atoms with Gasteiger partial charge in [0.25, 0.3) is 11.8 Å². The number of hydrogen-bond donors (Lipinski definition) is 3. The Hall–Kier alpha value is -3.66. The number of ketones is 1. The van der Waals surface area contributed by atoms with Crippen LogP contribution in [0.2, 0.25) is 0 Å². The van der Waals surface area contributed by atoms with Gasteiger partial charge in [0, 0.05) is 36.8 Å². The molecular weight excluding hydrogens is 504 g/mol. The minimum atomic E-state index is -4.16. The fourth-order valence-corrected chi connectivity index (χ4v) is 5.27. The third-order valence-corrected chi connectivity index (χ3v) is 7.52. The number of fused-ring (bicyclic) bond motifs is 2. The minimum absolute atomic E-state index is 0.00439. The van der Waals surface area contributed by atoms with E-state index in [4.69, 9.17) is 4.52 Å². The predicted molar refractivity (Wildman–Crippen MR) is 132 cm³/mol. The van der Waals surface area contributed by atoms with Crippen molar-refractivity contribution in [2.45, 2.75) is 33.0 Å². The first kappa shape index (κ1) is 26.4. The van der Waals surface area contributed by atoms with Crippen molar-refractivity contribution in [1.82, 2.24) is 15.2 Å².